The standard InChI is InChI=1S/C6H7NO4.C4H5NO3.C2H4O2/c1-4(8)11-7-5(9)2-3-6(7)10;6-3-1-2-4(7)5(3)8;1-2(3)4/h2-3H2,1H3;8H,1-2H2;1H3,(H,3,4). The molecule has 0 aromatic rings. The number of amides is 4. The van der Waals surface area contributed by atoms with E-state index in [-0.39, 0.29) is 30.7 Å². The highest BCUT2D eigenvalue weighted by atomic mass is 16.7. The zero-order valence-electron chi connectivity index (χ0n) is 12.5. The van der Waals surface area contributed by atoms with Crippen molar-refractivity contribution in [1.82, 2.24) is 10.1 Å². The lowest BCUT2D eigenvalue weighted by Gasteiger charge is -2.09. The van der Waals surface area contributed by atoms with E-state index < -0.39 is 35.6 Å². The summed E-state index contributed by atoms with van der Waals surface area (Å²) in [5.74, 6) is -3.41. The third-order valence-corrected chi connectivity index (χ3v) is 2.25. The molecule has 2 aliphatic heterocycles. The van der Waals surface area contributed by atoms with Crippen molar-refractivity contribution in [3.05, 3.63) is 0 Å². The summed E-state index contributed by atoms with van der Waals surface area (Å²) >= 11 is 0. The Hall–Kier alpha value is -2.82. The Morgan fingerprint density at radius 3 is 1.39 bits per heavy atom. The Kier molecular flexibility index (Phi) is 8.12. The molecule has 2 fully saturated rings. The van der Waals surface area contributed by atoms with Gasteiger partial charge in [0.25, 0.3) is 29.6 Å². The maximum absolute atomic E-state index is 10.7. The molecule has 2 N–H and O–H groups in total. The summed E-state index contributed by atoms with van der Waals surface area (Å²) in [5, 5.41) is 16.5. The van der Waals surface area contributed by atoms with Crippen LogP contribution >= 0.6 is 0 Å². The van der Waals surface area contributed by atoms with E-state index in [0.717, 1.165) is 13.8 Å². The molecular weight excluding hydrogens is 316 g/mol. The second kappa shape index (κ2) is 9.25. The maximum atomic E-state index is 10.7. The summed E-state index contributed by atoms with van der Waals surface area (Å²) in [7, 11) is 0. The van der Waals surface area contributed by atoms with Crippen LogP contribution in [0.3, 0.4) is 0 Å². The third kappa shape index (κ3) is 7.66. The van der Waals surface area contributed by atoms with Crippen LogP contribution in [0.4, 0.5) is 0 Å². The number of hydrogen-bond donors (Lipinski definition) is 2. The molecule has 2 aliphatic rings. The van der Waals surface area contributed by atoms with E-state index in [2.05, 4.69) is 4.84 Å². The smallest absolute Gasteiger partial charge is 0.330 e. The van der Waals surface area contributed by atoms with Crippen LogP contribution in [0.15, 0.2) is 0 Å². The highest BCUT2D eigenvalue weighted by Gasteiger charge is 2.31. The number of carbonyl (C=O) groups is 6. The fourth-order valence-electron chi connectivity index (χ4n) is 1.35. The molecule has 0 aliphatic carbocycles. The van der Waals surface area contributed by atoms with Gasteiger partial charge >= 0.3 is 5.97 Å². The predicted octanol–water partition coefficient (Wildman–Crippen LogP) is -0.771. The summed E-state index contributed by atoms with van der Waals surface area (Å²) in [6, 6.07) is 0. The molecule has 2 heterocycles. The zero-order valence-corrected chi connectivity index (χ0v) is 12.5. The van der Waals surface area contributed by atoms with E-state index in [4.69, 9.17) is 15.1 Å². The Bertz CT molecular complexity index is 493. The average molecular weight is 332 g/mol. The Morgan fingerprint density at radius 2 is 1.17 bits per heavy atom. The van der Waals surface area contributed by atoms with Gasteiger partial charge in [0.05, 0.1) is 0 Å². The lowest BCUT2D eigenvalue weighted by Crippen LogP contribution is -2.30. The molecule has 11 nitrogen and oxygen atoms in total. The van der Waals surface area contributed by atoms with Gasteiger partial charge in [0.2, 0.25) is 0 Å². The highest BCUT2D eigenvalue weighted by molar-refractivity contribution is 6.01. The van der Waals surface area contributed by atoms with Gasteiger partial charge in [-0.3, -0.25) is 29.2 Å². The van der Waals surface area contributed by atoms with Crippen molar-refractivity contribution in [3.63, 3.8) is 0 Å². The van der Waals surface area contributed by atoms with Gasteiger partial charge in [-0.25, -0.2) is 4.79 Å². The molecule has 23 heavy (non-hydrogen) atoms. The average Bonchev–Trinajstić information content (AvgIpc) is 2.89. The SMILES string of the molecule is CC(=O)O.CC(=O)ON1C(=O)CCC1=O.O=C1CCC(=O)N1O. The Morgan fingerprint density at radius 1 is 0.870 bits per heavy atom. The fraction of sp³-hybridized carbons (Fsp3) is 0.500. The molecule has 0 spiro atoms. The normalized spacial score (nSPS) is 16.5. The molecule has 11 heteroatoms. The van der Waals surface area contributed by atoms with E-state index in [0.29, 0.717) is 5.06 Å². The summed E-state index contributed by atoms with van der Waals surface area (Å²) < 4.78 is 0. The lowest BCUT2D eigenvalue weighted by atomic mass is 10.4. The molecule has 0 aromatic carbocycles. The number of hydroxylamine groups is 4. The minimum Gasteiger partial charge on any atom is -0.481 e. The number of aliphatic carboxylic acids is 1. The third-order valence-electron chi connectivity index (χ3n) is 2.25. The topological polar surface area (TPSA) is 159 Å². The van der Waals surface area contributed by atoms with Gasteiger partial charge in [-0.05, 0) is 0 Å². The zero-order chi connectivity index (χ0) is 18.2. The van der Waals surface area contributed by atoms with Crippen molar-refractivity contribution in [1.29, 1.82) is 0 Å². The Balaban J connectivity index is 0.000000354. The van der Waals surface area contributed by atoms with Crippen molar-refractivity contribution < 1.29 is 43.9 Å². The number of carbonyl (C=O) groups excluding carboxylic acids is 5. The molecule has 128 valence electrons. The van der Waals surface area contributed by atoms with Crippen LogP contribution in [0.5, 0.6) is 0 Å². The van der Waals surface area contributed by atoms with Crippen molar-refractivity contribution in [2.24, 2.45) is 0 Å². The lowest BCUT2D eigenvalue weighted by molar-refractivity contribution is -0.195. The van der Waals surface area contributed by atoms with Crippen LogP contribution < -0.4 is 0 Å². The van der Waals surface area contributed by atoms with Gasteiger partial charge in [0.15, 0.2) is 0 Å². The molecular formula is C12H16N2O9. The fourth-order valence-corrected chi connectivity index (χ4v) is 1.35. The number of rotatable bonds is 1. The van der Waals surface area contributed by atoms with E-state index in [1.807, 2.05) is 0 Å². The Labute approximate surface area is 130 Å². The molecule has 0 aromatic heterocycles. The quantitative estimate of drug-likeness (QED) is 0.464. The number of nitrogens with zero attached hydrogens (tertiary/aromatic N) is 2. The van der Waals surface area contributed by atoms with E-state index in [1.54, 1.807) is 0 Å². The van der Waals surface area contributed by atoms with Crippen LogP contribution in [0.25, 0.3) is 0 Å². The van der Waals surface area contributed by atoms with Crippen LogP contribution in [0.2, 0.25) is 0 Å². The van der Waals surface area contributed by atoms with Crippen molar-refractivity contribution >= 4 is 35.6 Å². The summed E-state index contributed by atoms with van der Waals surface area (Å²) in [5.41, 5.74) is 0. The first-order valence-corrected chi connectivity index (χ1v) is 6.34. The maximum Gasteiger partial charge on any atom is 0.330 e. The first kappa shape index (κ1) is 20.2. The summed E-state index contributed by atoms with van der Waals surface area (Å²) in [6.45, 7) is 2.22. The first-order valence-electron chi connectivity index (χ1n) is 6.34. The van der Waals surface area contributed by atoms with Crippen molar-refractivity contribution in [2.75, 3.05) is 0 Å². The summed E-state index contributed by atoms with van der Waals surface area (Å²) in [4.78, 5) is 65.6. The van der Waals surface area contributed by atoms with Crippen LogP contribution in [0.1, 0.15) is 39.5 Å². The van der Waals surface area contributed by atoms with Crippen molar-refractivity contribution in [2.45, 2.75) is 39.5 Å². The van der Waals surface area contributed by atoms with Gasteiger partial charge in [0, 0.05) is 39.5 Å². The van der Waals surface area contributed by atoms with Crippen LogP contribution in [-0.2, 0) is 33.6 Å². The minimum absolute atomic E-state index is 0.131. The second-order valence-corrected chi connectivity index (χ2v) is 4.28. The van der Waals surface area contributed by atoms with Gasteiger partial charge in [-0.15, -0.1) is 5.06 Å². The monoisotopic (exact) mass is 332 g/mol. The minimum atomic E-state index is -0.833. The molecule has 0 unspecified atom stereocenters. The van der Waals surface area contributed by atoms with E-state index >= 15 is 0 Å². The molecule has 0 bridgehead atoms. The van der Waals surface area contributed by atoms with Gasteiger partial charge in [0.1, 0.15) is 0 Å². The predicted molar refractivity (Wildman–Crippen MR) is 69.0 cm³/mol. The van der Waals surface area contributed by atoms with E-state index in [1.165, 1.54) is 0 Å². The highest BCUT2D eigenvalue weighted by Crippen LogP contribution is 2.11. The summed E-state index contributed by atoms with van der Waals surface area (Å²) in [6.07, 6.45) is 0.558. The number of carboxylic acids is 1. The van der Waals surface area contributed by atoms with Gasteiger partial charge in [-0.1, -0.05) is 0 Å². The second-order valence-electron chi connectivity index (χ2n) is 4.28. The molecule has 2 rings (SSSR count). The number of imide groups is 2. The van der Waals surface area contributed by atoms with Gasteiger partial charge in [-0.2, -0.15) is 5.06 Å². The molecule has 4 amide bonds. The molecule has 0 atom stereocenters. The number of hydrogen-bond acceptors (Lipinski definition) is 8. The largest absolute Gasteiger partial charge is 0.481 e. The first-order chi connectivity index (χ1) is 10.6. The van der Waals surface area contributed by atoms with Crippen LogP contribution in [-0.4, -0.2) is 56.0 Å². The molecule has 0 saturated carbocycles. The van der Waals surface area contributed by atoms with Crippen molar-refractivity contribution in [3.8, 4) is 0 Å². The van der Waals surface area contributed by atoms with Gasteiger partial charge < -0.3 is 9.94 Å². The molecule has 2 saturated heterocycles. The number of carboxylic acid groups (broad SMARTS) is 1. The van der Waals surface area contributed by atoms with E-state index in [9.17, 15) is 24.0 Å². The van der Waals surface area contributed by atoms with Crippen LogP contribution in [0, 0.1) is 0 Å². The molecule has 0 radical (unpaired) electrons.